The number of morpholine rings is 3. The minimum atomic E-state index is -0.521. The molecule has 0 saturated carbocycles. The molecule has 28 nitrogen and oxygen atoms in total. The first-order valence-corrected chi connectivity index (χ1v) is 29.3. The number of likely N-dealkylation sites (tertiary alicyclic amines) is 1. The first-order chi connectivity index (χ1) is 43.2. The molecule has 4 saturated heterocycles. The van der Waals surface area contributed by atoms with Gasteiger partial charge in [-0.15, -0.1) is 15.3 Å². The van der Waals surface area contributed by atoms with Crippen LogP contribution in [0.1, 0.15) is 51.7 Å². The zero-order valence-corrected chi connectivity index (χ0v) is 48.5. The summed E-state index contributed by atoms with van der Waals surface area (Å²) in [6, 6.07) is 27.4. The number of amidine groups is 1. The van der Waals surface area contributed by atoms with Crippen LogP contribution in [0.3, 0.4) is 0 Å². The van der Waals surface area contributed by atoms with Gasteiger partial charge in [-0.05, 0) is 62.2 Å². The summed E-state index contributed by atoms with van der Waals surface area (Å²) in [5, 5.41) is 14.4. The van der Waals surface area contributed by atoms with Crippen LogP contribution in [0.5, 0.6) is 0 Å². The molecule has 8 aromatic heterocycles. The molecule has 13 heterocycles. The number of piperidine rings is 1. The standard InChI is InChI=1S/C38H36N10O.C12H16N6O3.C10H12N6O2/c1-2-6-27(7-3-1)31-22-30-23-41-37-44-38(47-18-20-49-21-19-47)45-48(37)36(30)43-34(31)29-11-9-26(10-12-29)25-46-16-13-28(14-17-46)33-24-40-35(42-33)32-8-4-5-15-39-32;1-2-21-10(19)8-7-14-11-15-12(16-18(11)9(8)13)17-3-5-20-6-4-17;11-8-7(6-17)5-12-9-13-10(14-16(8)9)15-1-3-18-4-2-15/h1-12,15,22-23,28H,13-14,16-21,24-25H2;7H,2-6,13H2,1H3;5-6H,1-4,11H2. The number of aliphatic imine (C=N–C) groups is 2. The van der Waals surface area contributed by atoms with Crippen LogP contribution in [0.4, 0.5) is 29.5 Å². The van der Waals surface area contributed by atoms with Crippen LogP contribution in [0.2, 0.25) is 0 Å². The van der Waals surface area contributed by atoms with Crippen molar-refractivity contribution in [1.29, 1.82) is 0 Å². The van der Waals surface area contributed by atoms with E-state index in [4.69, 9.17) is 50.5 Å². The Morgan fingerprint density at radius 1 is 0.636 bits per heavy atom. The third kappa shape index (κ3) is 12.2. The highest BCUT2D eigenvalue weighted by Gasteiger charge is 2.28. The summed E-state index contributed by atoms with van der Waals surface area (Å²) >= 11 is 0. The second-order valence-electron chi connectivity index (χ2n) is 21.3. The van der Waals surface area contributed by atoms with E-state index in [0.717, 1.165) is 104 Å². The molecule has 10 aromatic rings. The van der Waals surface area contributed by atoms with E-state index in [1.807, 2.05) is 40.3 Å². The Labute approximate surface area is 503 Å². The first kappa shape index (κ1) is 57.1. The quantitative estimate of drug-likeness (QED) is 0.126. The molecule has 450 valence electrons. The average molecular weight is 1190 g/mol. The van der Waals surface area contributed by atoms with Gasteiger partial charge in [0.25, 0.3) is 17.3 Å². The van der Waals surface area contributed by atoms with Gasteiger partial charge >= 0.3 is 5.97 Å². The molecule has 15 rings (SSSR count). The number of benzene rings is 2. The van der Waals surface area contributed by atoms with Crippen molar-refractivity contribution in [1.82, 2.24) is 73.6 Å². The second-order valence-corrected chi connectivity index (χ2v) is 21.3. The number of aldehydes is 1. The lowest BCUT2D eigenvalue weighted by molar-refractivity contribution is 0.0526. The highest BCUT2D eigenvalue weighted by atomic mass is 16.5. The number of esters is 1. The Bertz CT molecular complexity index is 4170. The second kappa shape index (κ2) is 25.9. The van der Waals surface area contributed by atoms with Crippen LogP contribution in [0.25, 0.3) is 50.8 Å². The van der Waals surface area contributed by atoms with Gasteiger partial charge in [-0.1, -0.05) is 60.7 Å². The molecular formula is C60H64N22O6. The summed E-state index contributed by atoms with van der Waals surface area (Å²) in [4.78, 5) is 76.6. The van der Waals surface area contributed by atoms with E-state index in [9.17, 15) is 9.59 Å². The van der Waals surface area contributed by atoms with E-state index in [2.05, 4.69) is 109 Å². The van der Waals surface area contributed by atoms with Crippen LogP contribution >= 0.6 is 0 Å². The molecule has 5 aliphatic rings. The van der Waals surface area contributed by atoms with Gasteiger partial charge in [-0.2, -0.15) is 28.5 Å². The number of nitrogens with two attached hydrogens (primary N) is 2. The number of ether oxygens (including phenoxy) is 4. The van der Waals surface area contributed by atoms with Gasteiger partial charge in [0.15, 0.2) is 17.8 Å². The van der Waals surface area contributed by atoms with Crippen molar-refractivity contribution in [2.75, 3.05) is 131 Å². The molecule has 0 bridgehead atoms. The van der Waals surface area contributed by atoms with Gasteiger partial charge in [0.1, 0.15) is 22.9 Å². The van der Waals surface area contributed by atoms with Gasteiger partial charge in [0.05, 0.1) is 64.1 Å². The highest BCUT2D eigenvalue weighted by Crippen LogP contribution is 2.34. The number of carbonyl (C=O) groups is 2. The Hall–Kier alpha value is -10.0. The number of hydrogen-bond donors (Lipinski definition) is 2. The van der Waals surface area contributed by atoms with Gasteiger partial charge in [0, 0.05) is 98.7 Å². The Morgan fingerprint density at radius 3 is 1.82 bits per heavy atom. The van der Waals surface area contributed by atoms with Crippen molar-refractivity contribution >= 4 is 81.6 Å². The number of hydrogen-bond acceptors (Lipinski definition) is 25. The molecule has 4 N–H and O–H groups in total. The summed E-state index contributed by atoms with van der Waals surface area (Å²) in [6.45, 7) is 14.0. The van der Waals surface area contributed by atoms with E-state index in [0.29, 0.717) is 112 Å². The van der Waals surface area contributed by atoms with Gasteiger partial charge in [-0.25, -0.2) is 29.7 Å². The van der Waals surface area contributed by atoms with Crippen LogP contribution in [0, 0.1) is 5.92 Å². The van der Waals surface area contributed by atoms with Crippen molar-refractivity contribution < 1.29 is 28.5 Å². The molecule has 0 spiro atoms. The largest absolute Gasteiger partial charge is 0.462 e. The van der Waals surface area contributed by atoms with E-state index >= 15 is 0 Å². The Morgan fingerprint density at radius 2 is 1.22 bits per heavy atom. The number of anilines is 5. The van der Waals surface area contributed by atoms with E-state index in [1.165, 1.54) is 32.7 Å². The van der Waals surface area contributed by atoms with Crippen molar-refractivity contribution in [3.8, 4) is 22.4 Å². The smallest absolute Gasteiger partial charge is 0.343 e. The number of pyridine rings is 2. The van der Waals surface area contributed by atoms with Gasteiger partial charge < -0.3 is 45.1 Å². The minimum absolute atomic E-state index is 0.172. The zero-order valence-electron chi connectivity index (χ0n) is 48.5. The normalized spacial score (nSPS) is 16.7. The van der Waals surface area contributed by atoms with Crippen molar-refractivity contribution in [3.63, 3.8) is 0 Å². The number of fused-ring (bicyclic) bond motifs is 5. The third-order valence-electron chi connectivity index (χ3n) is 15.8. The maximum atomic E-state index is 11.8. The number of nitrogens with zero attached hydrogens (tertiary/aromatic N) is 20. The number of aromatic nitrogens is 14. The van der Waals surface area contributed by atoms with Crippen molar-refractivity contribution in [3.05, 3.63) is 126 Å². The summed E-state index contributed by atoms with van der Waals surface area (Å²) in [6.07, 6.45) is 9.26. The van der Waals surface area contributed by atoms with E-state index in [-0.39, 0.29) is 23.8 Å². The fraction of sp³-hybridized carbons (Fsp3) is 0.350. The molecular weight excluding hydrogens is 1120 g/mol. The lowest BCUT2D eigenvalue weighted by Crippen LogP contribution is -2.36. The SMILES string of the molecule is CCOC(=O)c1cnc2nc(N3CCOCC3)nn2c1N.Nc1c(C=O)cnc2nc(N3CCOCC3)nn12.c1ccc(-c2cc3cnc4nc(N5CCOCC5)nn4c3nc2-c2ccc(CN3CCC(C4=NC(c5ccccn5)=NC4)CC3)cc2)cc1. The molecule has 88 heavy (non-hydrogen) atoms. The molecule has 28 heteroatoms. The number of rotatable bonds is 12. The van der Waals surface area contributed by atoms with Gasteiger partial charge in [-0.3, -0.25) is 19.7 Å². The van der Waals surface area contributed by atoms with E-state index < -0.39 is 5.97 Å². The van der Waals surface area contributed by atoms with Crippen molar-refractivity contribution in [2.24, 2.45) is 15.9 Å². The minimum Gasteiger partial charge on any atom is -0.462 e. The lowest BCUT2D eigenvalue weighted by atomic mass is 9.91. The monoisotopic (exact) mass is 1190 g/mol. The van der Waals surface area contributed by atoms with Crippen LogP contribution in [-0.2, 0) is 25.5 Å². The molecule has 0 aliphatic carbocycles. The molecule has 4 fully saturated rings. The summed E-state index contributed by atoms with van der Waals surface area (Å²) < 4.78 is 25.5. The van der Waals surface area contributed by atoms with Crippen molar-refractivity contribution in [2.45, 2.75) is 26.3 Å². The first-order valence-electron chi connectivity index (χ1n) is 29.3. The predicted octanol–water partition coefficient (Wildman–Crippen LogP) is 4.43. The average Bonchev–Trinajstić information content (AvgIpc) is 1.92. The number of nitrogen functional groups attached to an aromatic ring is 2. The maximum absolute atomic E-state index is 11.8. The lowest BCUT2D eigenvalue weighted by Gasteiger charge is -2.32. The fourth-order valence-corrected chi connectivity index (χ4v) is 11.0. The topological polar surface area (TPSA) is 316 Å². The third-order valence-corrected chi connectivity index (χ3v) is 15.8. The van der Waals surface area contributed by atoms with Crippen LogP contribution in [0.15, 0.2) is 114 Å². The highest BCUT2D eigenvalue weighted by molar-refractivity contribution is 6.11. The Kier molecular flexibility index (Phi) is 16.8. The molecule has 0 radical (unpaired) electrons. The fourth-order valence-electron chi connectivity index (χ4n) is 11.0. The molecule has 0 amide bonds. The zero-order chi connectivity index (χ0) is 59.9. The number of carbonyl (C=O) groups excluding carboxylic acids is 2. The molecule has 5 aliphatic heterocycles. The maximum Gasteiger partial charge on any atom is 0.343 e. The van der Waals surface area contributed by atoms with Crippen LogP contribution in [-0.4, -0.2) is 203 Å². The van der Waals surface area contributed by atoms with E-state index in [1.54, 1.807) is 17.6 Å². The van der Waals surface area contributed by atoms with Crippen LogP contribution < -0.4 is 26.2 Å². The van der Waals surface area contributed by atoms with Gasteiger partial charge in [0.2, 0.25) is 17.8 Å². The molecule has 0 atom stereocenters. The Balaban J connectivity index is 0.000000149. The summed E-state index contributed by atoms with van der Waals surface area (Å²) in [5.41, 5.74) is 20.5. The molecule has 2 aromatic carbocycles. The molecule has 0 unspecified atom stereocenters. The summed E-state index contributed by atoms with van der Waals surface area (Å²) in [7, 11) is 0. The summed E-state index contributed by atoms with van der Waals surface area (Å²) in [5.74, 6) is 4.18. The predicted molar refractivity (Wildman–Crippen MR) is 329 cm³/mol.